The van der Waals surface area contributed by atoms with Gasteiger partial charge < -0.3 is 10.8 Å². The Bertz CT molecular complexity index is 500. The molecule has 4 N–H and O–H groups in total. The third-order valence-electron chi connectivity index (χ3n) is 3.10. The van der Waals surface area contributed by atoms with Gasteiger partial charge in [0.05, 0.1) is 0 Å². The molecule has 5 nitrogen and oxygen atoms in total. The number of carboxylic acids is 1. The fraction of sp³-hybridized carbons (Fsp3) is 0.467. The topological polar surface area (TPSA) is 92.4 Å². The van der Waals surface area contributed by atoms with Crippen molar-refractivity contribution in [1.82, 2.24) is 5.32 Å². The van der Waals surface area contributed by atoms with Crippen LogP contribution in [-0.4, -0.2) is 28.6 Å². The van der Waals surface area contributed by atoms with Gasteiger partial charge in [-0.1, -0.05) is 12.1 Å². The number of carbonyl (C=O) groups excluding carboxylic acids is 1. The first-order valence-corrected chi connectivity index (χ1v) is 6.73. The highest BCUT2D eigenvalue weighted by Gasteiger charge is 2.27. The van der Waals surface area contributed by atoms with E-state index >= 15 is 0 Å². The number of aliphatic carboxylic acids is 1. The van der Waals surface area contributed by atoms with Crippen LogP contribution in [0, 0.1) is 5.82 Å². The summed E-state index contributed by atoms with van der Waals surface area (Å²) in [5.41, 5.74) is 5.43. The Hall–Kier alpha value is -1.95. The number of benzene rings is 1. The zero-order chi connectivity index (χ0) is 16.0. The van der Waals surface area contributed by atoms with Crippen LogP contribution in [0.1, 0.15) is 32.3 Å². The first kappa shape index (κ1) is 17.1. The van der Waals surface area contributed by atoms with Crippen LogP contribution in [0.25, 0.3) is 0 Å². The summed E-state index contributed by atoms with van der Waals surface area (Å²) < 4.78 is 12.9. The van der Waals surface area contributed by atoms with Crippen LogP contribution in [0.2, 0.25) is 0 Å². The zero-order valence-corrected chi connectivity index (χ0v) is 12.2. The van der Waals surface area contributed by atoms with Crippen LogP contribution < -0.4 is 11.1 Å². The first-order valence-electron chi connectivity index (χ1n) is 6.73. The Kier molecular flexibility index (Phi) is 5.84. The molecule has 0 aliphatic carbocycles. The second-order valence-electron chi connectivity index (χ2n) is 5.73. The van der Waals surface area contributed by atoms with Crippen LogP contribution in [-0.2, 0) is 16.0 Å². The minimum atomic E-state index is -1.02. The van der Waals surface area contributed by atoms with Gasteiger partial charge in [0.15, 0.2) is 0 Å². The average molecular weight is 296 g/mol. The van der Waals surface area contributed by atoms with E-state index in [-0.39, 0.29) is 18.7 Å². The number of primary amides is 1. The van der Waals surface area contributed by atoms with Crippen molar-refractivity contribution in [2.24, 2.45) is 5.73 Å². The summed E-state index contributed by atoms with van der Waals surface area (Å²) in [6, 6.07) is 5.21. The lowest BCUT2D eigenvalue weighted by atomic mass is 9.93. The summed E-state index contributed by atoms with van der Waals surface area (Å²) in [4.78, 5) is 22.0. The molecular formula is C15H21FN2O3. The molecular weight excluding hydrogens is 275 g/mol. The second kappa shape index (κ2) is 7.17. The lowest BCUT2D eigenvalue weighted by molar-refractivity contribution is -0.140. The quantitative estimate of drug-likeness (QED) is 0.677. The molecule has 0 unspecified atom stereocenters. The van der Waals surface area contributed by atoms with Crippen molar-refractivity contribution >= 4 is 11.9 Å². The van der Waals surface area contributed by atoms with E-state index in [9.17, 15) is 19.1 Å². The fourth-order valence-electron chi connectivity index (χ4n) is 2.18. The maximum absolute atomic E-state index is 12.9. The van der Waals surface area contributed by atoms with E-state index in [4.69, 9.17) is 5.73 Å². The van der Waals surface area contributed by atoms with E-state index in [1.807, 2.05) is 13.8 Å². The second-order valence-corrected chi connectivity index (χ2v) is 5.73. The third kappa shape index (κ3) is 6.35. The van der Waals surface area contributed by atoms with Crippen LogP contribution in [0.15, 0.2) is 24.3 Å². The molecule has 0 aromatic heterocycles. The van der Waals surface area contributed by atoms with E-state index in [2.05, 4.69) is 5.32 Å². The summed E-state index contributed by atoms with van der Waals surface area (Å²) >= 11 is 0. The van der Waals surface area contributed by atoms with Crippen LogP contribution in [0.5, 0.6) is 0 Å². The monoisotopic (exact) mass is 296 g/mol. The Morgan fingerprint density at radius 3 is 2.38 bits per heavy atom. The number of hydrogen-bond donors (Lipinski definition) is 3. The maximum atomic E-state index is 12.9. The molecule has 0 heterocycles. The van der Waals surface area contributed by atoms with Gasteiger partial charge in [-0.3, -0.25) is 14.9 Å². The number of carbonyl (C=O) groups is 2. The molecule has 0 saturated carbocycles. The van der Waals surface area contributed by atoms with Crippen molar-refractivity contribution < 1.29 is 19.1 Å². The van der Waals surface area contributed by atoms with Gasteiger partial charge in [0, 0.05) is 12.0 Å². The summed E-state index contributed by atoms with van der Waals surface area (Å²) in [5.74, 6) is -1.86. The molecule has 0 aliphatic heterocycles. The van der Waals surface area contributed by atoms with E-state index in [0.29, 0.717) is 6.42 Å². The van der Waals surface area contributed by atoms with Crippen molar-refractivity contribution in [2.75, 3.05) is 0 Å². The van der Waals surface area contributed by atoms with Gasteiger partial charge in [0.2, 0.25) is 5.91 Å². The molecule has 116 valence electrons. The Morgan fingerprint density at radius 2 is 1.90 bits per heavy atom. The molecule has 6 heteroatoms. The number of carboxylic acid groups (broad SMARTS) is 1. The lowest BCUT2D eigenvalue weighted by Crippen LogP contribution is -2.51. The molecule has 21 heavy (non-hydrogen) atoms. The molecule has 0 bridgehead atoms. The fourth-order valence-corrected chi connectivity index (χ4v) is 2.18. The highest BCUT2D eigenvalue weighted by molar-refractivity contribution is 5.77. The number of amides is 1. The predicted octanol–water partition coefficient (Wildman–Crippen LogP) is 1.46. The summed E-state index contributed by atoms with van der Waals surface area (Å²) in [5, 5.41) is 12.2. The van der Waals surface area contributed by atoms with Gasteiger partial charge in [-0.25, -0.2) is 4.39 Å². The first-order chi connectivity index (χ1) is 9.69. The smallest absolute Gasteiger partial charge is 0.320 e. The standard InChI is InChI=1S/C15H21FN2O3/c1-15(2,9-10-3-5-11(16)6-4-10)18-12(14(20)21)7-8-13(17)19/h3-6,12,18H,7-9H2,1-2H3,(H2,17,19)(H,20,21)/t12-/m1/s1. The highest BCUT2D eigenvalue weighted by atomic mass is 19.1. The van der Waals surface area contributed by atoms with Gasteiger partial charge in [0.1, 0.15) is 11.9 Å². The molecule has 0 saturated heterocycles. The van der Waals surface area contributed by atoms with Crippen molar-refractivity contribution in [2.45, 2.75) is 44.7 Å². The third-order valence-corrected chi connectivity index (χ3v) is 3.10. The molecule has 0 aliphatic rings. The minimum absolute atomic E-state index is 0.0105. The lowest BCUT2D eigenvalue weighted by Gasteiger charge is -2.30. The molecule has 1 aromatic carbocycles. The highest BCUT2D eigenvalue weighted by Crippen LogP contribution is 2.15. The normalized spacial score (nSPS) is 12.9. The Balaban J connectivity index is 2.68. The minimum Gasteiger partial charge on any atom is -0.480 e. The van der Waals surface area contributed by atoms with Gasteiger partial charge in [-0.15, -0.1) is 0 Å². The molecule has 0 radical (unpaired) electrons. The Morgan fingerprint density at radius 1 is 1.33 bits per heavy atom. The van der Waals surface area contributed by atoms with E-state index in [0.717, 1.165) is 5.56 Å². The summed E-state index contributed by atoms with van der Waals surface area (Å²) in [6.07, 6.45) is 0.682. The molecule has 0 fully saturated rings. The van der Waals surface area contributed by atoms with Crippen molar-refractivity contribution in [1.29, 1.82) is 0 Å². The van der Waals surface area contributed by atoms with Crippen LogP contribution in [0.3, 0.4) is 0 Å². The number of halogens is 1. The number of rotatable bonds is 8. The summed E-state index contributed by atoms with van der Waals surface area (Å²) in [6.45, 7) is 3.72. The zero-order valence-electron chi connectivity index (χ0n) is 12.2. The van der Waals surface area contributed by atoms with Gasteiger partial charge in [-0.05, 0) is 44.4 Å². The van der Waals surface area contributed by atoms with Gasteiger partial charge in [0.25, 0.3) is 0 Å². The summed E-state index contributed by atoms with van der Waals surface area (Å²) in [7, 11) is 0. The SMILES string of the molecule is CC(C)(Cc1ccc(F)cc1)N[C@H](CCC(N)=O)C(=O)O. The van der Waals surface area contributed by atoms with Crippen LogP contribution in [0.4, 0.5) is 4.39 Å². The van der Waals surface area contributed by atoms with E-state index < -0.39 is 23.5 Å². The largest absolute Gasteiger partial charge is 0.480 e. The number of nitrogens with one attached hydrogen (secondary N) is 1. The predicted molar refractivity (Wildman–Crippen MR) is 77.2 cm³/mol. The van der Waals surface area contributed by atoms with Crippen molar-refractivity contribution in [3.8, 4) is 0 Å². The molecule has 0 spiro atoms. The van der Waals surface area contributed by atoms with Gasteiger partial charge in [-0.2, -0.15) is 0 Å². The Labute approximate surface area is 123 Å². The molecule has 1 atom stereocenters. The van der Waals surface area contributed by atoms with Gasteiger partial charge >= 0.3 is 5.97 Å². The number of hydrogen-bond acceptors (Lipinski definition) is 3. The van der Waals surface area contributed by atoms with E-state index in [1.165, 1.54) is 12.1 Å². The maximum Gasteiger partial charge on any atom is 0.320 e. The molecule has 1 aromatic rings. The average Bonchev–Trinajstić information content (AvgIpc) is 2.36. The number of nitrogens with two attached hydrogens (primary N) is 1. The molecule has 1 rings (SSSR count). The van der Waals surface area contributed by atoms with E-state index in [1.54, 1.807) is 12.1 Å². The van der Waals surface area contributed by atoms with Crippen molar-refractivity contribution in [3.05, 3.63) is 35.6 Å². The molecule has 1 amide bonds. The van der Waals surface area contributed by atoms with Crippen molar-refractivity contribution in [3.63, 3.8) is 0 Å². The van der Waals surface area contributed by atoms with Crippen LogP contribution >= 0.6 is 0 Å².